The number of hydrogen-bond donors (Lipinski definition) is 2. The fourth-order valence-corrected chi connectivity index (χ4v) is 5.06. The Hall–Kier alpha value is -3.33. The van der Waals surface area contributed by atoms with Crippen LogP contribution in [0.25, 0.3) is 0 Å². The molecule has 0 aliphatic carbocycles. The van der Waals surface area contributed by atoms with Gasteiger partial charge in [0.05, 0.1) is 30.0 Å². The number of nitrogens with zero attached hydrogens (tertiary/aromatic N) is 6. The first-order valence-corrected chi connectivity index (χ1v) is 12.3. The number of anilines is 2. The second kappa shape index (κ2) is 11.4. The second-order valence-electron chi connectivity index (χ2n) is 8.02. The summed E-state index contributed by atoms with van der Waals surface area (Å²) in [5.74, 6) is 0.165. The number of nitrogens with two attached hydrogens (primary N) is 1. The minimum absolute atomic E-state index is 0.0727. The van der Waals surface area contributed by atoms with Crippen molar-refractivity contribution >= 4 is 41.0 Å². The molecule has 1 saturated heterocycles. The fourth-order valence-electron chi connectivity index (χ4n) is 3.91. The van der Waals surface area contributed by atoms with Crippen LogP contribution < -0.4 is 10.6 Å². The Morgan fingerprint density at radius 2 is 2.20 bits per heavy atom. The molecule has 0 saturated carbocycles. The van der Waals surface area contributed by atoms with Gasteiger partial charge >= 0.3 is 6.01 Å². The molecule has 1 fully saturated rings. The molecule has 182 valence electrons. The number of halogens is 1. The Morgan fingerprint density at radius 3 is 2.89 bits per heavy atom. The molecule has 1 aromatic carbocycles. The maximum atomic E-state index is 13.2. The van der Waals surface area contributed by atoms with Crippen molar-refractivity contribution in [2.75, 3.05) is 29.5 Å². The van der Waals surface area contributed by atoms with Crippen LogP contribution in [0.1, 0.15) is 30.0 Å². The lowest BCUT2D eigenvalue weighted by molar-refractivity contribution is -0.129. The van der Waals surface area contributed by atoms with Crippen molar-refractivity contribution in [1.29, 1.82) is 5.26 Å². The van der Waals surface area contributed by atoms with E-state index >= 15 is 0 Å². The van der Waals surface area contributed by atoms with Crippen LogP contribution in [0.4, 0.5) is 11.7 Å². The molecule has 3 aromatic rings. The van der Waals surface area contributed by atoms with Crippen LogP contribution in [-0.2, 0) is 17.9 Å². The summed E-state index contributed by atoms with van der Waals surface area (Å²) in [6.07, 6.45) is 3.52. The van der Waals surface area contributed by atoms with Crippen molar-refractivity contribution in [1.82, 2.24) is 20.1 Å². The van der Waals surface area contributed by atoms with Crippen LogP contribution in [0.3, 0.4) is 0 Å². The summed E-state index contributed by atoms with van der Waals surface area (Å²) < 4.78 is 5.26. The lowest BCUT2D eigenvalue weighted by Crippen LogP contribution is -2.32. The Kier molecular flexibility index (Phi) is 8.07. The smallest absolute Gasteiger partial charge is 0.312 e. The standard InChI is InChI=1S/C23H24ClN7O3S/c24-19-6-5-17(31-7-1-2-18(31)13-32)8-20(19)35-14-22(33)30(12-21-28-29-23(26)34-21)11-15-3-4-16(9-25)27-10-15/h3-6,8,10,18,32H,1-2,7,11-14H2,(H2,26,29)/t18-/m0/s1. The summed E-state index contributed by atoms with van der Waals surface area (Å²) >= 11 is 7.77. The number of amides is 1. The molecule has 35 heavy (non-hydrogen) atoms. The van der Waals surface area contributed by atoms with Gasteiger partial charge in [-0.3, -0.25) is 4.79 Å². The molecule has 12 heteroatoms. The number of rotatable bonds is 9. The first kappa shape index (κ1) is 24.8. The Balaban J connectivity index is 1.48. The SMILES string of the molecule is N#Cc1ccc(CN(Cc2nnc(N)o2)C(=O)CSc2cc(N3CCC[C@H]3CO)ccc2Cl)cn1. The van der Waals surface area contributed by atoms with E-state index in [2.05, 4.69) is 20.1 Å². The lowest BCUT2D eigenvalue weighted by atomic mass is 10.2. The van der Waals surface area contributed by atoms with Gasteiger partial charge in [-0.2, -0.15) is 5.26 Å². The molecule has 1 aliphatic heterocycles. The second-order valence-corrected chi connectivity index (χ2v) is 9.45. The zero-order valence-corrected chi connectivity index (χ0v) is 20.4. The molecule has 1 aliphatic rings. The van der Waals surface area contributed by atoms with E-state index in [1.54, 1.807) is 23.2 Å². The molecule has 1 atom stereocenters. The highest BCUT2D eigenvalue weighted by Crippen LogP contribution is 2.34. The summed E-state index contributed by atoms with van der Waals surface area (Å²) in [4.78, 5) is 21.8. The van der Waals surface area contributed by atoms with Gasteiger partial charge in [0.2, 0.25) is 11.8 Å². The van der Waals surface area contributed by atoms with E-state index in [-0.39, 0.29) is 49.3 Å². The van der Waals surface area contributed by atoms with Crippen molar-refractivity contribution in [3.8, 4) is 6.07 Å². The number of nitriles is 1. The van der Waals surface area contributed by atoms with Gasteiger partial charge in [-0.05, 0) is 42.7 Å². The van der Waals surface area contributed by atoms with Crippen molar-refractivity contribution in [2.45, 2.75) is 36.9 Å². The summed E-state index contributed by atoms with van der Waals surface area (Å²) in [5, 5.41) is 26.7. The van der Waals surface area contributed by atoms with Crippen LogP contribution in [-0.4, -0.2) is 56.0 Å². The van der Waals surface area contributed by atoms with Crippen LogP contribution in [0, 0.1) is 11.3 Å². The third kappa shape index (κ3) is 6.22. The van der Waals surface area contributed by atoms with Crippen molar-refractivity contribution in [3.05, 3.63) is 58.7 Å². The highest BCUT2D eigenvalue weighted by molar-refractivity contribution is 8.00. The molecular formula is C23H24ClN7O3S. The number of hydrogen-bond acceptors (Lipinski definition) is 10. The van der Waals surface area contributed by atoms with Crippen LogP contribution in [0.5, 0.6) is 0 Å². The van der Waals surface area contributed by atoms with E-state index in [0.717, 1.165) is 35.5 Å². The van der Waals surface area contributed by atoms with E-state index in [1.165, 1.54) is 11.8 Å². The van der Waals surface area contributed by atoms with Crippen LogP contribution in [0.2, 0.25) is 5.02 Å². The van der Waals surface area contributed by atoms with E-state index in [4.69, 9.17) is 27.0 Å². The van der Waals surface area contributed by atoms with E-state index < -0.39 is 0 Å². The van der Waals surface area contributed by atoms with Crippen molar-refractivity contribution in [3.63, 3.8) is 0 Å². The average molecular weight is 514 g/mol. The minimum Gasteiger partial charge on any atom is -0.406 e. The monoisotopic (exact) mass is 513 g/mol. The summed E-state index contributed by atoms with van der Waals surface area (Å²) in [5.41, 5.74) is 7.55. The number of aromatic nitrogens is 3. The van der Waals surface area contributed by atoms with Crippen LogP contribution >= 0.6 is 23.4 Å². The quantitative estimate of drug-likeness (QED) is 0.409. The topological polar surface area (TPSA) is 145 Å². The highest BCUT2D eigenvalue weighted by atomic mass is 35.5. The number of aliphatic hydroxyl groups is 1. The largest absolute Gasteiger partial charge is 0.406 e. The summed E-state index contributed by atoms with van der Waals surface area (Å²) in [6.45, 7) is 1.28. The number of pyridine rings is 1. The zero-order valence-electron chi connectivity index (χ0n) is 18.8. The zero-order chi connectivity index (χ0) is 24.8. The molecular weight excluding hydrogens is 490 g/mol. The molecule has 0 spiro atoms. The van der Waals surface area contributed by atoms with Crippen LogP contribution in [0.15, 0.2) is 45.8 Å². The van der Waals surface area contributed by atoms with Gasteiger partial charge in [0, 0.05) is 29.9 Å². The van der Waals surface area contributed by atoms with Gasteiger partial charge in [0.1, 0.15) is 11.8 Å². The average Bonchev–Trinajstić information content (AvgIpc) is 3.52. The first-order chi connectivity index (χ1) is 17.0. The van der Waals surface area contributed by atoms with Gasteiger partial charge in [0.25, 0.3) is 0 Å². The predicted octanol–water partition coefficient (Wildman–Crippen LogP) is 2.85. The molecule has 0 bridgehead atoms. The molecule has 4 rings (SSSR count). The maximum Gasteiger partial charge on any atom is 0.312 e. The van der Waals surface area contributed by atoms with Crippen molar-refractivity contribution < 1.29 is 14.3 Å². The van der Waals surface area contributed by atoms with Gasteiger partial charge in [-0.25, -0.2) is 4.98 Å². The number of carbonyl (C=O) groups is 1. The van der Waals surface area contributed by atoms with E-state index in [9.17, 15) is 9.90 Å². The Bertz CT molecular complexity index is 1210. The summed E-state index contributed by atoms with van der Waals surface area (Å²) in [6, 6.07) is 11.0. The summed E-state index contributed by atoms with van der Waals surface area (Å²) in [7, 11) is 0. The molecule has 0 radical (unpaired) electrons. The normalized spacial score (nSPS) is 15.2. The van der Waals surface area contributed by atoms with Gasteiger partial charge in [-0.1, -0.05) is 22.8 Å². The predicted molar refractivity (Wildman–Crippen MR) is 132 cm³/mol. The van der Waals surface area contributed by atoms with E-state index in [1.807, 2.05) is 24.3 Å². The number of carbonyl (C=O) groups excluding carboxylic acids is 1. The van der Waals surface area contributed by atoms with Crippen molar-refractivity contribution in [2.24, 2.45) is 0 Å². The van der Waals surface area contributed by atoms with Gasteiger partial charge in [0.15, 0.2) is 0 Å². The number of aliphatic hydroxyl groups excluding tert-OH is 1. The molecule has 1 amide bonds. The molecule has 10 nitrogen and oxygen atoms in total. The highest BCUT2D eigenvalue weighted by Gasteiger charge is 2.25. The Labute approximate surface area is 211 Å². The first-order valence-electron chi connectivity index (χ1n) is 11.0. The lowest BCUT2D eigenvalue weighted by Gasteiger charge is -2.26. The maximum absolute atomic E-state index is 13.2. The third-order valence-corrected chi connectivity index (χ3v) is 7.14. The number of thioether (sulfide) groups is 1. The fraction of sp³-hybridized carbons (Fsp3) is 0.348. The minimum atomic E-state index is -0.174. The number of benzene rings is 1. The van der Waals surface area contributed by atoms with E-state index in [0.29, 0.717) is 10.7 Å². The third-order valence-electron chi connectivity index (χ3n) is 5.66. The molecule has 3 N–H and O–H groups in total. The number of nitrogen functional groups attached to an aromatic ring is 1. The van der Waals surface area contributed by atoms with Gasteiger partial charge < -0.3 is 25.1 Å². The molecule has 0 unspecified atom stereocenters. The Morgan fingerprint density at radius 1 is 1.34 bits per heavy atom. The van der Waals surface area contributed by atoms with Gasteiger partial charge in [-0.15, -0.1) is 16.9 Å². The molecule has 2 aromatic heterocycles. The molecule has 3 heterocycles.